The van der Waals surface area contributed by atoms with E-state index in [1.807, 2.05) is 36.9 Å². The minimum atomic E-state index is -0.834. The summed E-state index contributed by atoms with van der Waals surface area (Å²) in [5.41, 5.74) is 2.06. The zero-order chi connectivity index (χ0) is 17.0. The van der Waals surface area contributed by atoms with E-state index in [2.05, 4.69) is 19.2 Å². The van der Waals surface area contributed by atoms with Crippen molar-refractivity contribution in [2.45, 2.75) is 53.4 Å². The average molecular weight is 316 g/mol. The maximum Gasteiger partial charge on any atom is 0.240 e. The van der Waals surface area contributed by atoms with Crippen molar-refractivity contribution in [2.24, 2.45) is 5.41 Å². The summed E-state index contributed by atoms with van der Waals surface area (Å²) in [5.74, 6) is -0.137. The number of nitrogens with one attached hydrogen (secondary N) is 1. The fraction of sp³-hybridized carbons (Fsp3) is 0.579. The van der Waals surface area contributed by atoms with Crippen molar-refractivity contribution >= 4 is 17.5 Å². The summed E-state index contributed by atoms with van der Waals surface area (Å²) in [7, 11) is 0. The third kappa shape index (κ3) is 3.57. The van der Waals surface area contributed by atoms with E-state index in [1.165, 1.54) is 0 Å². The van der Waals surface area contributed by atoms with Crippen molar-refractivity contribution in [3.63, 3.8) is 0 Å². The highest BCUT2D eigenvalue weighted by molar-refractivity contribution is 6.13. The Balaban J connectivity index is 2.16. The maximum absolute atomic E-state index is 12.9. The first-order valence-corrected chi connectivity index (χ1v) is 8.63. The van der Waals surface area contributed by atoms with Crippen molar-refractivity contribution in [3.8, 4) is 0 Å². The van der Waals surface area contributed by atoms with E-state index >= 15 is 0 Å². The Morgan fingerprint density at radius 3 is 2.04 bits per heavy atom. The second-order valence-electron chi connectivity index (χ2n) is 6.60. The molecule has 1 aromatic carbocycles. The number of aryl methyl sites for hydroxylation is 2. The van der Waals surface area contributed by atoms with Crippen LogP contribution in [0.15, 0.2) is 18.2 Å². The summed E-state index contributed by atoms with van der Waals surface area (Å²) in [6.45, 7) is 9.53. The molecule has 23 heavy (non-hydrogen) atoms. The van der Waals surface area contributed by atoms with Gasteiger partial charge in [0.05, 0.1) is 0 Å². The molecule has 0 radical (unpaired) electrons. The van der Waals surface area contributed by atoms with E-state index < -0.39 is 5.41 Å². The number of carbonyl (C=O) groups excluding carboxylic acids is 2. The molecular formula is C19H28N2O2. The molecule has 0 aliphatic heterocycles. The third-order valence-electron chi connectivity index (χ3n) is 4.59. The van der Waals surface area contributed by atoms with Crippen LogP contribution >= 0.6 is 0 Å². The Morgan fingerprint density at radius 2 is 1.61 bits per heavy atom. The summed E-state index contributed by atoms with van der Waals surface area (Å²) in [4.78, 5) is 27.5. The fourth-order valence-electron chi connectivity index (χ4n) is 3.07. The van der Waals surface area contributed by atoms with E-state index in [4.69, 9.17) is 0 Å². The highest BCUT2D eigenvalue weighted by atomic mass is 16.2. The van der Waals surface area contributed by atoms with Gasteiger partial charge < -0.3 is 10.2 Å². The lowest BCUT2D eigenvalue weighted by Gasteiger charge is -2.26. The smallest absolute Gasteiger partial charge is 0.240 e. The van der Waals surface area contributed by atoms with Crippen LogP contribution in [0.3, 0.4) is 0 Å². The Labute approximate surface area is 139 Å². The Kier molecular flexibility index (Phi) is 5.45. The molecule has 0 saturated heterocycles. The van der Waals surface area contributed by atoms with Gasteiger partial charge in [-0.2, -0.15) is 0 Å². The van der Waals surface area contributed by atoms with E-state index in [9.17, 15) is 9.59 Å². The summed E-state index contributed by atoms with van der Waals surface area (Å²) in [6.07, 6.45) is 3.15. The predicted octanol–water partition coefficient (Wildman–Crippen LogP) is 3.67. The molecule has 1 fully saturated rings. The monoisotopic (exact) mass is 316 g/mol. The molecule has 1 saturated carbocycles. The molecule has 0 aromatic heterocycles. The number of rotatable bonds is 7. The fourth-order valence-corrected chi connectivity index (χ4v) is 3.07. The van der Waals surface area contributed by atoms with Gasteiger partial charge in [0.15, 0.2) is 0 Å². The van der Waals surface area contributed by atoms with Crippen LogP contribution in [0.2, 0.25) is 0 Å². The van der Waals surface area contributed by atoms with Crippen LogP contribution in [0.4, 0.5) is 5.69 Å². The summed E-state index contributed by atoms with van der Waals surface area (Å²) in [6, 6.07) is 5.93. The van der Waals surface area contributed by atoms with E-state index in [0.717, 1.165) is 42.7 Å². The van der Waals surface area contributed by atoms with Crippen LogP contribution in [0.1, 0.15) is 50.7 Å². The first-order chi connectivity index (χ1) is 11.0. The molecule has 4 nitrogen and oxygen atoms in total. The number of hydrogen-bond donors (Lipinski definition) is 1. The third-order valence-corrected chi connectivity index (χ3v) is 4.59. The van der Waals surface area contributed by atoms with Gasteiger partial charge in [0, 0.05) is 18.8 Å². The molecule has 0 unspecified atom stereocenters. The summed E-state index contributed by atoms with van der Waals surface area (Å²) >= 11 is 0. The molecule has 0 spiro atoms. The minimum Gasteiger partial charge on any atom is -0.342 e. The zero-order valence-corrected chi connectivity index (χ0v) is 14.7. The van der Waals surface area contributed by atoms with Crippen molar-refractivity contribution in [2.75, 3.05) is 18.4 Å². The summed E-state index contributed by atoms with van der Waals surface area (Å²) in [5, 5.41) is 3.01. The summed E-state index contributed by atoms with van der Waals surface area (Å²) < 4.78 is 0. The van der Waals surface area contributed by atoms with Gasteiger partial charge in [-0.3, -0.25) is 9.59 Å². The number of carbonyl (C=O) groups is 2. The van der Waals surface area contributed by atoms with Gasteiger partial charge in [-0.05, 0) is 50.7 Å². The van der Waals surface area contributed by atoms with Gasteiger partial charge in [-0.25, -0.2) is 0 Å². The molecule has 0 heterocycles. The second kappa shape index (κ2) is 7.16. The quantitative estimate of drug-likeness (QED) is 0.780. The van der Waals surface area contributed by atoms with Crippen molar-refractivity contribution in [1.29, 1.82) is 0 Å². The Hall–Kier alpha value is -1.84. The number of benzene rings is 1. The number of para-hydroxylation sites is 1. The average Bonchev–Trinajstić information content (AvgIpc) is 3.32. The number of nitrogens with zero attached hydrogens (tertiary/aromatic N) is 1. The van der Waals surface area contributed by atoms with Gasteiger partial charge in [-0.1, -0.05) is 32.0 Å². The lowest BCUT2D eigenvalue weighted by atomic mass is 10.0. The molecule has 1 aromatic rings. The van der Waals surface area contributed by atoms with Crippen LogP contribution in [0.5, 0.6) is 0 Å². The highest BCUT2D eigenvalue weighted by Crippen LogP contribution is 2.48. The van der Waals surface area contributed by atoms with Gasteiger partial charge >= 0.3 is 0 Å². The molecule has 2 rings (SSSR count). The van der Waals surface area contributed by atoms with Crippen molar-refractivity contribution < 1.29 is 9.59 Å². The molecule has 1 aliphatic carbocycles. The molecule has 0 bridgehead atoms. The van der Waals surface area contributed by atoms with Gasteiger partial charge in [0.2, 0.25) is 11.8 Å². The molecule has 126 valence electrons. The zero-order valence-electron chi connectivity index (χ0n) is 14.7. The molecule has 1 aliphatic rings. The van der Waals surface area contributed by atoms with E-state index in [0.29, 0.717) is 12.8 Å². The van der Waals surface area contributed by atoms with Crippen LogP contribution in [0, 0.1) is 19.3 Å². The second-order valence-corrected chi connectivity index (χ2v) is 6.60. The van der Waals surface area contributed by atoms with Crippen LogP contribution in [0.25, 0.3) is 0 Å². The molecular weight excluding hydrogens is 288 g/mol. The molecule has 0 atom stereocenters. The van der Waals surface area contributed by atoms with E-state index in [-0.39, 0.29) is 11.8 Å². The number of anilines is 1. The van der Waals surface area contributed by atoms with E-state index in [1.54, 1.807) is 0 Å². The lowest BCUT2D eigenvalue weighted by molar-refractivity contribution is -0.142. The molecule has 2 amide bonds. The maximum atomic E-state index is 12.9. The topological polar surface area (TPSA) is 49.4 Å². The van der Waals surface area contributed by atoms with Gasteiger partial charge in [-0.15, -0.1) is 0 Å². The molecule has 4 heteroatoms. The Morgan fingerprint density at radius 1 is 1.09 bits per heavy atom. The van der Waals surface area contributed by atoms with Crippen LogP contribution < -0.4 is 5.32 Å². The highest BCUT2D eigenvalue weighted by Gasteiger charge is 2.57. The van der Waals surface area contributed by atoms with Crippen LogP contribution in [-0.2, 0) is 9.59 Å². The van der Waals surface area contributed by atoms with Crippen LogP contribution in [-0.4, -0.2) is 29.8 Å². The first kappa shape index (κ1) is 17.5. The van der Waals surface area contributed by atoms with Gasteiger partial charge in [0.1, 0.15) is 5.41 Å². The van der Waals surface area contributed by atoms with Crippen molar-refractivity contribution in [3.05, 3.63) is 29.3 Å². The largest absolute Gasteiger partial charge is 0.342 e. The predicted molar refractivity (Wildman–Crippen MR) is 93.4 cm³/mol. The number of hydrogen-bond acceptors (Lipinski definition) is 2. The van der Waals surface area contributed by atoms with Gasteiger partial charge in [0.25, 0.3) is 0 Å². The normalized spacial score (nSPS) is 15.1. The SMILES string of the molecule is CCCN(CCC)C(=O)C1(C(=O)Nc2c(C)cccc2C)CC1. The Bertz CT molecular complexity index is 565. The number of amides is 2. The molecule has 1 N–H and O–H groups in total. The standard InChI is InChI=1S/C19H28N2O2/c1-5-12-21(13-6-2)18(23)19(10-11-19)17(22)20-16-14(3)8-7-9-15(16)4/h7-9H,5-6,10-13H2,1-4H3,(H,20,22). The lowest BCUT2D eigenvalue weighted by Crippen LogP contribution is -2.43. The first-order valence-electron chi connectivity index (χ1n) is 8.63. The minimum absolute atomic E-state index is 0.00457. The van der Waals surface area contributed by atoms with Crippen molar-refractivity contribution in [1.82, 2.24) is 4.90 Å².